The van der Waals surface area contributed by atoms with Crippen molar-refractivity contribution in [1.29, 1.82) is 0 Å². The Bertz CT molecular complexity index is 957. The summed E-state index contributed by atoms with van der Waals surface area (Å²) in [4.78, 5) is 69.1. The maximum atomic E-state index is 13.2. The molecule has 0 aromatic carbocycles. The number of hydrogen-bond donors (Lipinski definition) is 1. The van der Waals surface area contributed by atoms with Crippen LogP contribution in [0.1, 0.15) is 106 Å². The number of methoxy groups -OCH3 is 1. The molecule has 1 rings (SSSR count). The van der Waals surface area contributed by atoms with Crippen LogP contribution in [0, 0.1) is 17.8 Å². The predicted molar refractivity (Wildman–Crippen MR) is 182 cm³/mol. The van der Waals surface area contributed by atoms with Crippen LogP contribution in [0.2, 0.25) is 0 Å². The van der Waals surface area contributed by atoms with Gasteiger partial charge in [-0.25, -0.2) is 0 Å². The lowest BCUT2D eigenvalue weighted by Crippen LogP contribution is -2.54. The van der Waals surface area contributed by atoms with Gasteiger partial charge >= 0.3 is 0 Å². The summed E-state index contributed by atoms with van der Waals surface area (Å²) < 4.78 is 5.66. The van der Waals surface area contributed by atoms with E-state index in [1.165, 1.54) is 9.80 Å². The average Bonchev–Trinajstić information content (AvgIpc) is 3.26. The van der Waals surface area contributed by atoms with Crippen LogP contribution in [-0.4, -0.2) is 108 Å². The molecule has 1 saturated heterocycles. The normalized spacial score (nSPS) is 17.9. The molecule has 0 radical (unpaired) electrons. The van der Waals surface area contributed by atoms with Gasteiger partial charge in [0, 0.05) is 40.6 Å². The summed E-state index contributed by atoms with van der Waals surface area (Å²) in [5.41, 5.74) is 0. The van der Waals surface area contributed by atoms with Crippen molar-refractivity contribution in [1.82, 2.24) is 20.0 Å². The van der Waals surface area contributed by atoms with E-state index in [4.69, 9.17) is 4.74 Å². The maximum absolute atomic E-state index is 13.2. The summed E-state index contributed by atoms with van der Waals surface area (Å²) in [6.45, 7) is 14.6. The van der Waals surface area contributed by atoms with E-state index in [1.807, 2.05) is 20.8 Å². The van der Waals surface area contributed by atoms with Crippen LogP contribution in [0.25, 0.3) is 0 Å². The van der Waals surface area contributed by atoms with Crippen LogP contribution in [0.15, 0.2) is 0 Å². The second-order valence-corrected chi connectivity index (χ2v) is 14.6. The zero-order valence-electron chi connectivity index (χ0n) is 29.7. The van der Waals surface area contributed by atoms with E-state index < -0.39 is 6.04 Å². The van der Waals surface area contributed by atoms with E-state index in [1.54, 1.807) is 37.9 Å². The molecular weight excluding hydrogens is 592 g/mol. The third-order valence-corrected chi connectivity index (χ3v) is 10.3. The number of nitrogens with one attached hydrogen (secondary N) is 1. The number of unbranched alkanes of at least 4 members (excludes halogenated alkanes) is 2. The zero-order chi connectivity index (χ0) is 34.3. The molecule has 5 amide bonds. The third-order valence-electron chi connectivity index (χ3n) is 9.00. The Balaban J connectivity index is 2.57. The van der Waals surface area contributed by atoms with E-state index in [0.717, 1.165) is 31.4 Å². The van der Waals surface area contributed by atoms with Gasteiger partial charge in [0.1, 0.15) is 6.04 Å². The summed E-state index contributed by atoms with van der Waals surface area (Å²) in [7, 11) is 5.04. The Morgan fingerprint density at radius 1 is 0.956 bits per heavy atom. The third kappa shape index (κ3) is 12.9. The highest BCUT2D eigenvalue weighted by atomic mass is 32.2. The fourth-order valence-electron chi connectivity index (χ4n) is 6.06. The SMILES string of the molecule is CCC(OC)[C@H]([C@@H](C)CC)N(C)C(=O)CNC(=O)[C@H](C(C)C)N(C)C(=O)CCCCCN1C(=O)CC(SCCCC(C)C)C1=O. The molecule has 1 N–H and O–H groups in total. The molecule has 1 aliphatic heterocycles. The second-order valence-electron chi connectivity index (χ2n) is 13.3. The predicted octanol–water partition coefficient (Wildman–Crippen LogP) is 4.74. The number of amides is 5. The van der Waals surface area contributed by atoms with Crippen molar-refractivity contribution in [3.05, 3.63) is 0 Å². The molecule has 0 aliphatic carbocycles. The van der Waals surface area contributed by atoms with E-state index in [9.17, 15) is 24.0 Å². The van der Waals surface area contributed by atoms with Crippen molar-refractivity contribution < 1.29 is 28.7 Å². The van der Waals surface area contributed by atoms with Crippen molar-refractivity contribution in [2.24, 2.45) is 17.8 Å². The second kappa shape index (κ2) is 20.9. The van der Waals surface area contributed by atoms with Gasteiger partial charge in [0.2, 0.25) is 29.5 Å². The first kappa shape index (κ1) is 40.9. The lowest BCUT2D eigenvalue weighted by Gasteiger charge is -2.37. The van der Waals surface area contributed by atoms with E-state index >= 15 is 0 Å². The van der Waals surface area contributed by atoms with Crippen molar-refractivity contribution >= 4 is 41.3 Å². The van der Waals surface area contributed by atoms with Crippen LogP contribution < -0.4 is 5.32 Å². The molecule has 11 heteroatoms. The van der Waals surface area contributed by atoms with Crippen molar-refractivity contribution in [3.63, 3.8) is 0 Å². The van der Waals surface area contributed by atoms with Gasteiger partial charge in [-0.1, -0.05) is 67.7 Å². The minimum Gasteiger partial charge on any atom is -0.379 e. The Labute approximate surface area is 277 Å². The van der Waals surface area contributed by atoms with Crippen LogP contribution in [0.3, 0.4) is 0 Å². The Morgan fingerprint density at radius 3 is 2.18 bits per heavy atom. The highest BCUT2D eigenvalue weighted by Gasteiger charge is 2.38. The van der Waals surface area contributed by atoms with Crippen LogP contribution in [-0.2, 0) is 28.7 Å². The topological polar surface area (TPSA) is 116 Å². The van der Waals surface area contributed by atoms with Gasteiger partial charge in [-0.2, -0.15) is 0 Å². The van der Waals surface area contributed by atoms with Gasteiger partial charge in [-0.05, 0) is 49.2 Å². The van der Waals surface area contributed by atoms with Gasteiger partial charge in [0.05, 0.1) is 23.9 Å². The van der Waals surface area contributed by atoms with Crippen LogP contribution >= 0.6 is 11.8 Å². The Morgan fingerprint density at radius 2 is 1.62 bits per heavy atom. The lowest BCUT2D eigenvalue weighted by molar-refractivity contribution is -0.142. The monoisotopic (exact) mass is 654 g/mol. The average molecular weight is 655 g/mol. The van der Waals surface area contributed by atoms with Gasteiger partial charge < -0.3 is 19.9 Å². The Kier molecular flexibility index (Phi) is 19.0. The number of hydrogen-bond acceptors (Lipinski definition) is 7. The fourth-order valence-corrected chi connectivity index (χ4v) is 7.21. The van der Waals surface area contributed by atoms with Gasteiger partial charge in [-0.3, -0.25) is 28.9 Å². The van der Waals surface area contributed by atoms with Crippen molar-refractivity contribution in [2.75, 3.05) is 40.0 Å². The lowest BCUT2D eigenvalue weighted by atomic mass is 9.91. The van der Waals surface area contributed by atoms with Crippen molar-refractivity contribution in [3.8, 4) is 0 Å². The molecule has 1 aliphatic rings. The highest BCUT2D eigenvalue weighted by molar-refractivity contribution is 8.00. The smallest absolute Gasteiger partial charge is 0.243 e. The van der Waals surface area contributed by atoms with E-state index in [2.05, 4.69) is 33.0 Å². The summed E-state index contributed by atoms with van der Waals surface area (Å²) in [5.74, 6) is 0.697. The van der Waals surface area contributed by atoms with Crippen LogP contribution in [0.5, 0.6) is 0 Å². The first-order valence-corrected chi connectivity index (χ1v) is 18.0. The number of imide groups is 1. The fraction of sp³-hybridized carbons (Fsp3) is 0.853. The molecule has 0 spiro atoms. The number of nitrogens with zero attached hydrogens (tertiary/aromatic N) is 3. The summed E-state index contributed by atoms with van der Waals surface area (Å²) >= 11 is 1.59. The first-order valence-electron chi connectivity index (χ1n) is 17.0. The van der Waals surface area contributed by atoms with Gasteiger partial charge in [-0.15, -0.1) is 11.8 Å². The molecule has 1 fully saturated rings. The molecule has 2 unspecified atom stereocenters. The molecule has 1 heterocycles. The number of likely N-dealkylation sites (tertiary alicyclic amines) is 1. The number of likely N-dealkylation sites (N-methyl/N-ethyl adjacent to an activating group) is 2. The summed E-state index contributed by atoms with van der Waals surface area (Å²) in [5, 5.41) is 2.50. The van der Waals surface area contributed by atoms with Crippen molar-refractivity contribution in [2.45, 2.75) is 130 Å². The zero-order valence-corrected chi connectivity index (χ0v) is 30.5. The molecule has 5 atom stereocenters. The minimum absolute atomic E-state index is 0.0832. The Hall–Kier alpha value is -2.14. The number of thioether (sulfide) groups is 1. The molecule has 10 nitrogen and oxygen atoms in total. The van der Waals surface area contributed by atoms with E-state index in [0.29, 0.717) is 31.7 Å². The summed E-state index contributed by atoms with van der Waals surface area (Å²) in [6.07, 6.45) is 6.19. The molecule has 260 valence electrons. The van der Waals surface area contributed by atoms with Gasteiger partial charge in [0.15, 0.2) is 0 Å². The highest BCUT2D eigenvalue weighted by Crippen LogP contribution is 2.27. The molecular formula is C34H62N4O6S. The molecule has 0 aromatic rings. The largest absolute Gasteiger partial charge is 0.379 e. The standard InChI is InChI=1S/C34H62N4O6S/c1-11-25(7)32(26(12-2)44-10)37(9)30(41)22-35-33(42)31(24(5)6)36(8)28(39)18-14-13-15-19-38-29(40)21-27(34(38)43)45-20-16-17-23(3)4/h23-27,31-32H,11-22H2,1-10H3,(H,35,42)/t25-,26?,27?,31-,32-/m0/s1. The number of carbonyl (C=O) groups excluding carboxylic acids is 5. The molecule has 0 bridgehead atoms. The molecule has 45 heavy (non-hydrogen) atoms. The maximum Gasteiger partial charge on any atom is 0.243 e. The quantitative estimate of drug-likeness (QED) is 0.132. The molecule has 0 saturated carbocycles. The first-order chi connectivity index (χ1) is 21.2. The summed E-state index contributed by atoms with van der Waals surface area (Å²) in [6, 6.07) is -0.820. The minimum atomic E-state index is -0.710. The number of ether oxygens (including phenoxy) is 1. The number of carbonyl (C=O) groups is 5. The number of rotatable bonds is 22. The molecule has 0 aromatic heterocycles. The van der Waals surface area contributed by atoms with E-state index in [-0.39, 0.29) is 78.2 Å². The van der Waals surface area contributed by atoms with Crippen LogP contribution in [0.4, 0.5) is 0 Å². The van der Waals surface area contributed by atoms with Gasteiger partial charge in [0.25, 0.3) is 0 Å².